The van der Waals surface area contributed by atoms with E-state index in [1.807, 2.05) is 0 Å². The van der Waals surface area contributed by atoms with Crippen LogP contribution < -0.4 is 5.73 Å². The molecule has 18 heavy (non-hydrogen) atoms. The number of halogens is 3. The van der Waals surface area contributed by atoms with E-state index in [-0.39, 0.29) is 5.95 Å². The van der Waals surface area contributed by atoms with E-state index in [0.717, 1.165) is 12.1 Å². The molecule has 0 radical (unpaired) electrons. The van der Waals surface area contributed by atoms with E-state index >= 15 is 0 Å². The van der Waals surface area contributed by atoms with Crippen LogP contribution in [0.25, 0.3) is 0 Å². The Bertz CT molecular complexity index is 523. The van der Waals surface area contributed by atoms with Crippen LogP contribution in [0.1, 0.15) is 17.0 Å². The molecule has 2 aromatic rings. The van der Waals surface area contributed by atoms with Gasteiger partial charge in [-0.1, -0.05) is 12.1 Å². The molecule has 0 saturated carbocycles. The smallest absolute Gasteiger partial charge is 0.368 e. The van der Waals surface area contributed by atoms with Gasteiger partial charge in [0.25, 0.3) is 0 Å². The average Bonchev–Trinajstić information content (AvgIpc) is 2.57. The molecule has 1 aromatic carbocycles. The summed E-state index contributed by atoms with van der Waals surface area (Å²) >= 11 is 0. The third-order valence-corrected chi connectivity index (χ3v) is 2.48. The van der Waals surface area contributed by atoms with Crippen molar-refractivity contribution in [3.05, 3.63) is 41.2 Å². The first kappa shape index (κ1) is 12.4. The minimum absolute atomic E-state index is 0.275. The van der Waals surface area contributed by atoms with Crippen LogP contribution in [0.5, 0.6) is 0 Å². The number of hydrogen-bond donors (Lipinski definition) is 1. The highest BCUT2D eigenvalue weighted by Gasteiger charge is 2.29. The van der Waals surface area contributed by atoms with Crippen molar-refractivity contribution >= 4 is 5.95 Å². The summed E-state index contributed by atoms with van der Waals surface area (Å²) in [6, 6.07) is 4.91. The van der Waals surface area contributed by atoms with Crippen LogP contribution in [0.2, 0.25) is 0 Å². The van der Waals surface area contributed by atoms with Crippen LogP contribution in [0.15, 0.2) is 24.3 Å². The number of nitrogen functional groups attached to an aromatic ring is 1. The average molecular weight is 256 g/mol. The standard InChI is InChI=1S/C11H11F3N4/c1-18-10(15)16-9(17-18)6-7-2-4-8(5-3-7)11(12,13)14/h2-5H,6H2,1H3,(H2,15,16,17). The lowest BCUT2D eigenvalue weighted by molar-refractivity contribution is -0.137. The van der Waals surface area contributed by atoms with Crippen molar-refractivity contribution < 1.29 is 13.2 Å². The number of aromatic nitrogens is 3. The quantitative estimate of drug-likeness (QED) is 0.894. The van der Waals surface area contributed by atoms with Crippen molar-refractivity contribution in [3.8, 4) is 0 Å². The highest BCUT2D eigenvalue weighted by molar-refractivity contribution is 5.27. The van der Waals surface area contributed by atoms with E-state index in [1.54, 1.807) is 7.05 Å². The number of alkyl halides is 3. The van der Waals surface area contributed by atoms with Gasteiger partial charge in [0.1, 0.15) is 0 Å². The fraction of sp³-hybridized carbons (Fsp3) is 0.273. The summed E-state index contributed by atoms with van der Waals surface area (Å²) in [7, 11) is 1.65. The van der Waals surface area contributed by atoms with Crippen molar-refractivity contribution in [1.82, 2.24) is 14.8 Å². The van der Waals surface area contributed by atoms with Crippen molar-refractivity contribution in [2.24, 2.45) is 7.05 Å². The van der Waals surface area contributed by atoms with Gasteiger partial charge in [-0.15, -0.1) is 0 Å². The molecule has 0 aliphatic carbocycles. The van der Waals surface area contributed by atoms with Gasteiger partial charge in [0, 0.05) is 13.5 Å². The lowest BCUT2D eigenvalue weighted by Gasteiger charge is -2.06. The van der Waals surface area contributed by atoms with Crippen molar-refractivity contribution in [1.29, 1.82) is 0 Å². The van der Waals surface area contributed by atoms with Crippen LogP contribution in [0.3, 0.4) is 0 Å². The van der Waals surface area contributed by atoms with Gasteiger partial charge in [0.2, 0.25) is 5.95 Å². The summed E-state index contributed by atoms with van der Waals surface area (Å²) in [5.41, 5.74) is 5.55. The highest BCUT2D eigenvalue weighted by atomic mass is 19.4. The normalized spacial score (nSPS) is 11.8. The maximum Gasteiger partial charge on any atom is 0.416 e. The zero-order chi connectivity index (χ0) is 13.3. The fourth-order valence-electron chi connectivity index (χ4n) is 1.52. The number of benzene rings is 1. The number of aryl methyl sites for hydroxylation is 1. The Hall–Kier alpha value is -2.05. The summed E-state index contributed by atoms with van der Waals surface area (Å²) in [6.45, 7) is 0. The van der Waals surface area contributed by atoms with Crippen LogP contribution >= 0.6 is 0 Å². The summed E-state index contributed by atoms with van der Waals surface area (Å²) in [5.74, 6) is 0.756. The van der Waals surface area contributed by atoms with E-state index in [4.69, 9.17) is 5.73 Å². The first-order valence-electron chi connectivity index (χ1n) is 5.18. The first-order valence-corrected chi connectivity index (χ1v) is 5.18. The van der Waals surface area contributed by atoms with Gasteiger partial charge in [0.15, 0.2) is 5.82 Å². The molecule has 1 heterocycles. The molecule has 0 fully saturated rings. The Labute approximate surface area is 101 Å². The summed E-state index contributed by atoms with van der Waals surface area (Å²) in [6.07, 6.45) is -3.96. The molecule has 1 aromatic heterocycles. The van der Waals surface area contributed by atoms with Crippen molar-refractivity contribution in [2.45, 2.75) is 12.6 Å². The molecular formula is C11H11F3N4. The molecule has 0 spiro atoms. The largest absolute Gasteiger partial charge is 0.416 e. The number of anilines is 1. The Kier molecular flexibility index (Phi) is 2.98. The van der Waals surface area contributed by atoms with E-state index in [9.17, 15) is 13.2 Å². The van der Waals surface area contributed by atoms with E-state index in [0.29, 0.717) is 17.8 Å². The first-order chi connectivity index (χ1) is 8.36. The molecule has 96 valence electrons. The van der Waals surface area contributed by atoms with Crippen molar-refractivity contribution in [2.75, 3.05) is 5.73 Å². The third-order valence-electron chi connectivity index (χ3n) is 2.48. The minimum atomic E-state index is -4.31. The maximum atomic E-state index is 12.4. The molecule has 0 amide bonds. The van der Waals surface area contributed by atoms with Gasteiger partial charge in [-0.3, -0.25) is 0 Å². The summed E-state index contributed by atoms with van der Waals surface area (Å²) in [4.78, 5) is 3.98. The van der Waals surface area contributed by atoms with Gasteiger partial charge < -0.3 is 5.73 Å². The van der Waals surface area contributed by atoms with Gasteiger partial charge in [-0.05, 0) is 17.7 Å². The maximum absolute atomic E-state index is 12.4. The molecule has 0 aliphatic heterocycles. The molecule has 0 atom stereocenters. The van der Waals surface area contributed by atoms with Crippen LogP contribution in [0, 0.1) is 0 Å². The molecule has 0 aliphatic rings. The number of nitrogens with two attached hydrogens (primary N) is 1. The van der Waals surface area contributed by atoms with Gasteiger partial charge >= 0.3 is 6.18 Å². The van der Waals surface area contributed by atoms with E-state index in [2.05, 4.69) is 10.1 Å². The fourth-order valence-corrected chi connectivity index (χ4v) is 1.52. The highest BCUT2D eigenvalue weighted by Crippen LogP contribution is 2.29. The molecule has 2 rings (SSSR count). The monoisotopic (exact) mass is 256 g/mol. The number of rotatable bonds is 2. The zero-order valence-electron chi connectivity index (χ0n) is 9.57. The predicted molar refractivity (Wildman–Crippen MR) is 59.7 cm³/mol. The van der Waals surface area contributed by atoms with E-state index in [1.165, 1.54) is 16.8 Å². The lowest BCUT2D eigenvalue weighted by atomic mass is 10.1. The van der Waals surface area contributed by atoms with Crippen LogP contribution in [-0.2, 0) is 19.6 Å². The molecule has 4 nitrogen and oxygen atoms in total. The predicted octanol–water partition coefficient (Wildman–Crippen LogP) is 2.01. The second kappa shape index (κ2) is 4.32. The van der Waals surface area contributed by atoms with Gasteiger partial charge in [-0.2, -0.15) is 23.3 Å². The minimum Gasteiger partial charge on any atom is -0.368 e. The zero-order valence-corrected chi connectivity index (χ0v) is 9.57. The number of hydrogen-bond acceptors (Lipinski definition) is 3. The molecular weight excluding hydrogens is 245 g/mol. The number of nitrogens with zero attached hydrogens (tertiary/aromatic N) is 3. The molecule has 0 bridgehead atoms. The third kappa shape index (κ3) is 2.61. The van der Waals surface area contributed by atoms with Gasteiger partial charge in [-0.25, -0.2) is 4.68 Å². The SMILES string of the molecule is Cn1nc(Cc2ccc(C(F)(F)F)cc2)nc1N. The summed E-state index contributed by atoms with van der Waals surface area (Å²) < 4.78 is 38.5. The molecule has 0 saturated heterocycles. The summed E-state index contributed by atoms with van der Waals surface area (Å²) in [5, 5.41) is 4.04. The lowest BCUT2D eigenvalue weighted by Crippen LogP contribution is -2.04. The van der Waals surface area contributed by atoms with Crippen LogP contribution in [0.4, 0.5) is 19.1 Å². The Morgan fingerprint density at radius 3 is 2.28 bits per heavy atom. The van der Waals surface area contributed by atoms with E-state index < -0.39 is 11.7 Å². The molecule has 0 unspecified atom stereocenters. The Morgan fingerprint density at radius 2 is 1.83 bits per heavy atom. The van der Waals surface area contributed by atoms with Crippen molar-refractivity contribution in [3.63, 3.8) is 0 Å². The Morgan fingerprint density at radius 1 is 1.22 bits per heavy atom. The second-order valence-corrected chi connectivity index (χ2v) is 3.88. The topological polar surface area (TPSA) is 56.7 Å². The molecule has 2 N–H and O–H groups in total. The van der Waals surface area contributed by atoms with Gasteiger partial charge in [0.05, 0.1) is 5.56 Å². The van der Waals surface area contributed by atoms with Crippen LogP contribution in [-0.4, -0.2) is 14.8 Å². The second-order valence-electron chi connectivity index (χ2n) is 3.88. The molecule has 7 heteroatoms. The Balaban J connectivity index is 2.16.